The molecule has 3 N–H and O–H groups in total. The Bertz CT molecular complexity index is 529. The summed E-state index contributed by atoms with van der Waals surface area (Å²) in [6.07, 6.45) is 1.39. The van der Waals surface area contributed by atoms with E-state index in [1.165, 1.54) is 0 Å². The lowest BCUT2D eigenvalue weighted by Gasteiger charge is -2.23. The van der Waals surface area contributed by atoms with Crippen LogP contribution in [0.25, 0.3) is 0 Å². The number of hydrogen-bond donors (Lipinski definition) is 3. The summed E-state index contributed by atoms with van der Waals surface area (Å²) in [5.74, 6) is 0.212. The van der Waals surface area contributed by atoms with E-state index in [0.29, 0.717) is 12.3 Å². The van der Waals surface area contributed by atoms with Crippen molar-refractivity contribution in [3.63, 3.8) is 0 Å². The van der Waals surface area contributed by atoms with Crippen LogP contribution in [-0.4, -0.2) is 36.5 Å². The Hall–Kier alpha value is -1.88. The van der Waals surface area contributed by atoms with E-state index in [-0.39, 0.29) is 30.4 Å². The molecule has 140 valence electrons. The van der Waals surface area contributed by atoms with Crippen molar-refractivity contribution in [3.05, 3.63) is 35.9 Å². The molecule has 0 aliphatic carbocycles. The van der Waals surface area contributed by atoms with Gasteiger partial charge in [0.1, 0.15) is 6.04 Å². The first-order chi connectivity index (χ1) is 11.8. The van der Waals surface area contributed by atoms with Gasteiger partial charge in [-0.25, -0.2) is 0 Å². The number of hydrogen-bond acceptors (Lipinski definition) is 3. The van der Waals surface area contributed by atoms with E-state index in [2.05, 4.69) is 29.8 Å². The molecule has 0 heterocycles. The van der Waals surface area contributed by atoms with Crippen molar-refractivity contribution in [2.45, 2.75) is 65.6 Å². The van der Waals surface area contributed by atoms with Crippen molar-refractivity contribution in [3.8, 4) is 0 Å². The summed E-state index contributed by atoms with van der Waals surface area (Å²) in [7, 11) is 0. The molecule has 2 amide bonds. The molecule has 0 aliphatic heterocycles. The van der Waals surface area contributed by atoms with E-state index in [4.69, 9.17) is 0 Å². The topological polar surface area (TPSA) is 70.2 Å². The molecule has 0 radical (unpaired) electrons. The molecular formula is C20H33N3O2. The minimum absolute atomic E-state index is 0.0801. The first-order valence-electron chi connectivity index (χ1n) is 9.15. The van der Waals surface area contributed by atoms with Gasteiger partial charge in [-0.05, 0) is 24.8 Å². The second-order valence-corrected chi connectivity index (χ2v) is 7.38. The Morgan fingerprint density at radius 3 is 2.16 bits per heavy atom. The minimum Gasteiger partial charge on any atom is -0.352 e. The minimum atomic E-state index is -0.571. The molecule has 25 heavy (non-hydrogen) atoms. The van der Waals surface area contributed by atoms with Crippen molar-refractivity contribution >= 4 is 11.8 Å². The average Bonchev–Trinajstić information content (AvgIpc) is 2.52. The van der Waals surface area contributed by atoms with E-state index < -0.39 is 6.04 Å². The molecule has 1 rings (SSSR count). The molecule has 1 aromatic rings. The summed E-state index contributed by atoms with van der Waals surface area (Å²) in [4.78, 5) is 24.8. The molecular weight excluding hydrogens is 314 g/mol. The van der Waals surface area contributed by atoms with E-state index in [0.717, 1.165) is 12.0 Å². The summed E-state index contributed by atoms with van der Waals surface area (Å²) in [6, 6.07) is 9.48. The average molecular weight is 348 g/mol. The second kappa shape index (κ2) is 10.9. The third-order valence-corrected chi connectivity index (χ3v) is 3.82. The molecule has 0 fully saturated rings. The number of amides is 2. The second-order valence-electron chi connectivity index (χ2n) is 7.38. The van der Waals surface area contributed by atoms with Gasteiger partial charge in [-0.1, -0.05) is 58.0 Å². The van der Waals surface area contributed by atoms with Crippen LogP contribution in [0.15, 0.2) is 30.3 Å². The van der Waals surface area contributed by atoms with E-state index >= 15 is 0 Å². The third-order valence-electron chi connectivity index (χ3n) is 3.82. The van der Waals surface area contributed by atoms with Crippen LogP contribution in [0.2, 0.25) is 0 Å². The van der Waals surface area contributed by atoms with Crippen LogP contribution in [0.4, 0.5) is 0 Å². The molecule has 0 aromatic heterocycles. The Balaban J connectivity index is 2.72. The number of rotatable bonds is 10. The van der Waals surface area contributed by atoms with Gasteiger partial charge in [-0.3, -0.25) is 9.59 Å². The summed E-state index contributed by atoms with van der Waals surface area (Å²) in [6.45, 7) is 10.4. The zero-order chi connectivity index (χ0) is 18.8. The standard InChI is InChI=1S/C20H33N3O2/c1-14(2)11-16(5)22-20(25)18(12-17-9-7-6-8-10-17)23-19(24)13-21-15(3)4/h6-10,14-16,18,21H,11-13H2,1-5H3,(H,22,25)(H,23,24). The largest absolute Gasteiger partial charge is 0.352 e. The van der Waals surface area contributed by atoms with Gasteiger partial charge in [0, 0.05) is 18.5 Å². The Kier molecular flexibility index (Phi) is 9.21. The highest BCUT2D eigenvalue weighted by atomic mass is 16.2. The lowest BCUT2D eigenvalue weighted by molar-refractivity contribution is -0.129. The van der Waals surface area contributed by atoms with Crippen LogP contribution < -0.4 is 16.0 Å². The summed E-state index contributed by atoms with van der Waals surface area (Å²) in [5, 5.41) is 8.97. The van der Waals surface area contributed by atoms with Gasteiger partial charge in [-0.15, -0.1) is 0 Å². The van der Waals surface area contributed by atoms with Crippen LogP contribution in [0.5, 0.6) is 0 Å². The number of carbonyl (C=O) groups is 2. The van der Waals surface area contributed by atoms with E-state index in [1.54, 1.807) is 0 Å². The number of carbonyl (C=O) groups excluding carboxylic acids is 2. The SMILES string of the molecule is CC(C)CC(C)NC(=O)C(Cc1ccccc1)NC(=O)CNC(C)C. The third kappa shape index (κ3) is 9.25. The summed E-state index contributed by atoms with van der Waals surface area (Å²) < 4.78 is 0. The van der Waals surface area contributed by atoms with Gasteiger partial charge in [-0.2, -0.15) is 0 Å². The van der Waals surface area contributed by atoms with Crippen molar-refractivity contribution in [1.82, 2.24) is 16.0 Å². The molecule has 0 aliphatic rings. The molecule has 1 aromatic carbocycles. The van der Waals surface area contributed by atoms with Gasteiger partial charge in [0.05, 0.1) is 6.54 Å². The zero-order valence-corrected chi connectivity index (χ0v) is 16.1. The van der Waals surface area contributed by atoms with Gasteiger partial charge in [0.2, 0.25) is 11.8 Å². The Morgan fingerprint density at radius 2 is 1.60 bits per heavy atom. The predicted octanol–water partition coefficient (Wildman–Crippen LogP) is 2.26. The van der Waals surface area contributed by atoms with Crippen LogP contribution in [0, 0.1) is 5.92 Å². The molecule has 2 unspecified atom stereocenters. The van der Waals surface area contributed by atoms with Crippen molar-refractivity contribution in [2.24, 2.45) is 5.92 Å². The Labute approximate surface area is 152 Å². The smallest absolute Gasteiger partial charge is 0.243 e. The van der Waals surface area contributed by atoms with Crippen LogP contribution in [0.1, 0.15) is 46.6 Å². The van der Waals surface area contributed by atoms with Crippen LogP contribution in [-0.2, 0) is 16.0 Å². The maximum Gasteiger partial charge on any atom is 0.243 e. The van der Waals surface area contributed by atoms with Gasteiger partial charge in [0.25, 0.3) is 0 Å². The summed E-state index contributed by atoms with van der Waals surface area (Å²) in [5.41, 5.74) is 1.02. The quantitative estimate of drug-likeness (QED) is 0.608. The molecule has 5 nitrogen and oxygen atoms in total. The van der Waals surface area contributed by atoms with E-state index in [1.807, 2.05) is 51.1 Å². The first kappa shape index (κ1) is 21.2. The molecule has 2 atom stereocenters. The first-order valence-corrected chi connectivity index (χ1v) is 9.15. The van der Waals surface area contributed by atoms with E-state index in [9.17, 15) is 9.59 Å². The van der Waals surface area contributed by atoms with Crippen LogP contribution >= 0.6 is 0 Å². The molecule has 0 spiro atoms. The maximum absolute atomic E-state index is 12.7. The monoisotopic (exact) mass is 347 g/mol. The maximum atomic E-state index is 12.7. The normalized spacial score (nSPS) is 13.6. The highest BCUT2D eigenvalue weighted by molar-refractivity contribution is 5.88. The van der Waals surface area contributed by atoms with Crippen molar-refractivity contribution < 1.29 is 9.59 Å². The molecule has 0 saturated heterocycles. The highest BCUT2D eigenvalue weighted by Crippen LogP contribution is 2.07. The van der Waals surface area contributed by atoms with Gasteiger partial charge < -0.3 is 16.0 Å². The molecule has 0 saturated carbocycles. The fraction of sp³-hybridized carbons (Fsp3) is 0.600. The predicted molar refractivity (Wildman–Crippen MR) is 102 cm³/mol. The Morgan fingerprint density at radius 1 is 0.960 bits per heavy atom. The van der Waals surface area contributed by atoms with Crippen LogP contribution in [0.3, 0.4) is 0 Å². The van der Waals surface area contributed by atoms with Gasteiger partial charge in [0.15, 0.2) is 0 Å². The summed E-state index contributed by atoms with van der Waals surface area (Å²) >= 11 is 0. The molecule has 0 bridgehead atoms. The fourth-order valence-electron chi connectivity index (χ4n) is 2.71. The fourth-order valence-corrected chi connectivity index (χ4v) is 2.71. The van der Waals surface area contributed by atoms with Gasteiger partial charge >= 0.3 is 0 Å². The zero-order valence-electron chi connectivity index (χ0n) is 16.1. The lowest BCUT2D eigenvalue weighted by Crippen LogP contribution is -2.52. The van der Waals surface area contributed by atoms with Crippen molar-refractivity contribution in [1.29, 1.82) is 0 Å². The number of benzene rings is 1. The molecule has 5 heteroatoms. The lowest BCUT2D eigenvalue weighted by atomic mass is 10.0. The highest BCUT2D eigenvalue weighted by Gasteiger charge is 2.22. The number of nitrogens with one attached hydrogen (secondary N) is 3. The van der Waals surface area contributed by atoms with Crippen molar-refractivity contribution in [2.75, 3.05) is 6.54 Å².